The highest BCUT2D eigenvalue weighted by atomic mass is 32.1. The van der Waals surface area contributed by atoms with Gasteiger partial charge in [-0.1, -0.05) is 81.4 Å². The van der Waals surface area contributed by atoms with E-state index in [-0.39, 0.29) is 10.1 Å². The first-order chi connectivity index (χ1) is 11.4. The Morgan fingerprint density at radius 2 is 1.29 bits per heavy atom. The maximum Gasteiger partial charge on any atom is 0.293 e. The third-order valence-electron chi connectivity index (χ3n) is 2.17. The van der Waals surface area contributed by atoms with Crippen LogP contribution in [-0.2, 0) is 4.74 Å². The van der Waals surface area contributed by atoms with Crippen molar-refractivity contribution in [2.24, 2.45) is 5.92 Å². The molecule has 2 aromatic rings. The minimum Gasteiger partial charge on any atom is -0.499 e. The molecule has 0 heterocycles. The summed E-state index contributed by atoms with van der Waals surface area (Å²) < 4.78 is 4.46. The predicted molar refractivity (Wildman–Crippen MR) is 106 cm³/mol. The van der Waals surface area contributed by atoms with Gasteiger partial charge in [0.25, 0.3) is 6.26 Å². The Morgan fingerprint density at radius 3 is 1.58 bits per heavy atom. The summed E-state index contributed by atoms with van der Waals surface area (Å²) >= 11 is 9.29. The topological polar surface area (TPSA) is 53.2 Å². The fraction of sp³-hybridized carbons (Fsp3) is 0.211. The second-order valence-corrected chi connectivity index (χ2v) is 6.01. The number of rotatable bonds is 2. The number of hydrogen-bond acceptors (Lipinski definition) is 4. The molecule has 0 radical (unpaired) electrons. The van der Waals surface area contributed by atoms with Crippen molar-refractivity contribution in [2.75, 3.05) is 0 Å². The van der Waals surface area contributed by atoms with Gasteiger partial charge in [-0.15, -0.1) is 5.26 Å². The fourth-order valence-electron chi connectivity index (χ4n) is 1.26. The number of hydrogen-bond donors (Lipinski definition) is 1. The normalized spacial score (nSPS) is 8.62. The highest BCUT2D eigenvalue weighted by molar-refractivity contribution is 7.80. The molecule has 0 spiro atoms. The molecule has 0 fully saturated rings. The quantitative estimate of drug-likeness (QED) is 0.571. The molecule has 0 amide bonds. The van der Waals surface area contributed by atoms with Crippen molar-refractivity contribution in [3.8, 4) is 6.26 Å². The summed E-state index contributed by atoms with van der Waals surface area (Å²) in [6, 6.07) is 18.2. The number of thiocarbonyl (C=S) groups is 2. The lowest BCUT2D eigenvalue weighted by Crippen LogP contribution is -1.97. The summed E-state index contributed by atoms with van der Waals surface area (Å²) in [6.07, 6.45) is 1.52. The lowest BCUT2D eigenvalue weighted by molar-refractivity contribution is 0.514. The summed E-state index contributed by atoms with van der Waals surface area (Å²) in [5.74, 6) is 0.833. The molecular weight excluding hydrogens is 338 g/mol. The van der Waals surface area contributed by atoms with Crippen molar-refractivity contribution < 1.29 is 9.84 Å². The maximum absolute atomic E-state index is 8.76. The van der Waals surface area contributed by atoms with Gasteiger partial charge in [0.2, 0.25) is 5.05 Å². The zero-order chi connectivity index (χ0) is 18.4. The SMILES string of the molecule is CC(C)C.N#COC(=S)c1ccccc1.OC(=S)c1ccccc1. The van der Waals surface area contributed by atoms with Gasteiger partial charge >= 0.3 is 0 Å². The molecule has 0 atom stereocenters. The Bertz CT molecular complexity index is 647. The Hall–Kier alpha value is -2.29. The van der Waals surface area contributed by atoms with E-state index in [1.807, 2.05) is 36.4 Å². The maximum atomic E-state index is 8.76. The Balaban J connectivity index is 0.000000367. The van der Waals surface area contributed by atoms with Gasteiger partial charge in [0, 0.05) is 11.1 Å². The summed E-state index contributed by atoms with van der Waals surface area (Å²) in [4.78, 5) is 0. The zero-order valence-corrected chi connectivity index (χ0v) is 15.6. The Kier molecular flexibility index (Phi) is 11.9. The molecule has 0 aliphatic heterocycles. The van der Waals surface area contributed by atoms with Crippen LogP contribution in [0.1, 0.15) is 31.9 Å². The highest BCUT2D eigenvalue weighted by Gasteiger charge is 1.98. The molecule has 2 aromatic carbocycles. The average Bonchev–Trinajstić information content (AvgIpc) is 2.57. The minimum atomic E-state index is -0.0457. The van der Waals surface area contributed by atoms with Crippen LogP contribution in [0.4, 0.5) is 0 Å². The van der Waals surface area contributed by atoms with Crippen molar-refractivity contribution in [1.29, 1.82) is 5.26 Å². The molecule has 0 saturated heterocycles. The minimum absolute atomic E-state index is 0.0457. The van der Waals surface area contributed by atoms with Crippen molar-refractivity contribution in [1.82, 2.24) is 0 Å². The molecule has 2 rings (SSSR count). The summed E-state index contributed by atoms with van der Waals surface area (Å²) in [7, 11) is 0. The fourth-order valence-corrected chi connectivity index (χ4v) is 1.56. The van der Waals surface area contributed by atoms with E-state index in [4.69, 9.17) is 22.6 Å². The lowest BCUT2D eigenvalue weighted by atomic mass is 10.2. The van der Waals surface area contributed by atoms with Crippen LogP contribution in [0.3, 0.4) is 0 Å². The van der Waals surface area contributed by atoms with Gasteiger partial charge in [-0.3, -0.25) is 0 Å². The Morgan fingerprint density at radius 1 is 0.917 bits per heavy atom. The molecular formula is C19H21NO2S2. The van der Waals surface area contributed by atoms with Crippen molar-refractivity contribution in [3.05, 3.63) is 71.8 Å². The molecule has 0 bridgehead atoms. The molecule has 3 nitrogen and oxygen atoms in total. The second kappa shape index (κ2) is 13.2. The third-order valence-corrected chi connectivity index (χ3v) is 2.72. The van der Waals surface area contributed by atoms with E-state index in [0.717, 1.165) is 11.5 Å². The first-order valence-corrected chi connectivity index (χ1v) is 8.13. The van der Waals surface area contributed by atoms with Crippen molar-refractivity contribution in [2.45, 2.75) is 20.8 Å². The first kappa shape index (κ1) is 21.7. The lowest BCUT2D eigenvalue weighted by Gasteiger charge is -1.96. The van der Waals surface area contributed by atoms with E-state index < -0.39 is 0 Å². The van der Waals surface area contributed by atoms with Gasteiger partial charge in [0.05, 0.1) is 0 Å². The van der Waals surface area contributed by atoms with Crippen LogP contribution in [0.2, 0.25) is 0 Å². The van der Waals surface area contributed by atoms with Crippen LogP contribution in [-0.4, -0.2) is 15.2 Å². The van der Waals surface area contributed by atoms with Crippen LogP contribution >= 0.6 is 24.4 Å². The van der Waals surface area contributed by atoms with Gasteiger partial charge < -0.3 is 9.84 Å². The molecule has 0 aliphatic rings. The van der Waals surface area contributed by atoms with Gasteiger partial charge in [-0.2, -0.15) is 0 Å². The molecule has 0 saturated carbocycles. The number of ether oxygens (including phenoxy) is 1. The van der Waals surface area contributed by atoms with Gasteiger partial charge in [0.15, 0.2) is 5.05 Å². The van der Waals surface area contributed by atoms with Crippen LogP contribution in [0, 0.1) is 17.4 Å². The summed E-state index contributed by atoms with van der Waals surface area (Å²) in [5.41, 5.74) is 1.46. The molecule has 0 aliphatic carbocycles. The largest absolute Gasteiger partial charge is 0.499 e. The Labute approximate surface area is 154 Å². The molecule has 0 unspecified atom stereocenters. The molecule has 0 aromatic heterocycles. The van der Waals surface area contributed by atoms with Gasteiger partial charge in [0.1, 0.15) is 0 Å². The van der Waals surface area contributed by atoms with Crippen LogP contribution in [0.15, 0.2) is 60.7 Å². The summed E-state index contributed by atoms with van der Waals surface area (Å²) in [6.45, 7) is 6.50. The van der Waals surface area contributed by atoms with Crippen LogP contribution < -0.4 is 0 Å². The number of aliphatic hydroxyl groups excluding tert-OH is 1. The van der Waals surface area contributed by atoms with Gasteiger partial charge in [-0.25, -0.2) is 0 Å². The smallest absolute Gasteiger partial charge is 0.293 e. The van der Waals surface area contributed by atoms with E-state index in [2.05, 4.69) is 37.7 Å². The number of nitriles is 1. The molecule has 5 heteroatoms. The van der Waals surface area contributed by atoms with E-state index >= 15 is 0 Å². The van der Waals surface area contributed by atoms with Crippen LogP contribution in [0.25, 0.3) is 0 Å². The van der Waals surface area contributed by atoms with E-state index in [1.165, 1.54) is 6.26 Å². The first-order valence-electron chi connectivity index (χ1n) is 7.32. The summed E-state index contributed by atoms with van der Waals surface area (Å²) in [5, 5.41) is 17.1. The molecule has 126 valence electrons. The number of nitrogens with zero attached hydrogens (tertiary/aromatic N) is 1. The van der Waals surface area contributed by atoms with Crippen molar-refractivity contribution in [3.63, 3.8) is 0 Å². The zero-order valence-electron chi connectivity index (χ0n) is 14.0. The third kappa shape index (κ3) is 11.3. The monoisotopic (exact) mass is 359 g/mol. The van der Waals surface area contributed by atoms with E-state index in [9.17, 15) is 0 Å². The standard InChI is InChI=1S/C8H5NOS.C7H6OS.C4H10/c9-6-10-8(11)7-4-2-1-3-5-7;8-7(9)6-4-2-1-3-5-6;1-4(2)3/h1-5H;1-5H,(H,8,9);4H,1-3H3. The van der Waals surface area contributed by atoms with Crippen molar-refractivity contribution >= 4 is 34.5 Å². The van der Waals surface area contributed by atoms with Crippen LogP contribution in [0.5, 0.6) is 0 Å². The average molecular weight is 360 g/mol. The van der Waals surface area contributed by atoms with Gasteiger partial charge in [-0.05, 0) is 30.4 Å². The molecule has 1 N–H and O–H groups in total. The number of aliphatic hydroxyl groups is 1. The van der Waals surface area contributed by atoms with E-state index in [0.29, 0.717) is 5.56 Å². The number of benzene rings is 2. The molecule has 24 heavy (non-hydrogen) atoms. The second-order valence-electron chi connectivity index (χ2n) is 5.25. The van der Waals surface area contributed by atoms with E-state index in [1.54, 1.807) is 24.3 Å². The highest BCUT2D eigenvalue weighted by Crippen LogP contribution is 2.01. The predicted octanol–water partition coefficient (Wildman–Crippen LogP) is 5.44.